The molecule has 7 heteroatoms. The van der Waals surface area contributed by atoms with Crippen molar-refractivity contribution >= 4 is 11.6 Å². The average molecular weight is 275 g/mol. The number of nitrogens with one attached hydrogen (secondary N) is 2. The van der Waals surface area contributed by atoms with Crippen molar-refractivity contribution < 1.29 is 17.9 Å². The van der Waals surface area contributed by atoms with E-state index in [1.54, 1.807) is 0 Å². The van der Waals surface area contributed by atoms with E-state index in [2.05, 4.69) is 15.6 Å². The number of nitrogens with zero attached hydrogens (tertiary/aromatic N) is 1. The Labute approximate surface area is 109 Å². The third kappa shape index (κ3) is 3.73. The zero-order valence-corrected chi connectivity index (χ0v) is 10.5. The Balaban J connectivity index is 2.19. The summed E-state index contributed by atoms with van der Waals surface area (Å²) in [4.78, 5) is 4.08. The van der Waals surface area contributed by atoms with Gasteiger partial charge in [-0.15, -0.1) is 0 Å². The van der Waals surface area contributed by atoms with Crippen LogP contribution in [0.25, 0.3) is 0 Å². The molecule has 2 rings (SSSR count). The average Bonchev–Trinajstić information content (AvgIpc) is 2.38. The molecule has 1 saturated heterocycles. The fraction of sp³-hybridized carbons (Fsp3) is 0.583. The Bertz CT molecular complexity index is 431. The van der Waals surface area contributed by atoms with E-state index in [4.69, 9.17) is 4.74 Å². The number of hydrogen-bond donors (Lipinski definition) is 2. The van der Waals surface area contributed by atoms with Crippen LogP contribution in [0, 0.1) is 0 Å². The van der Waals surface area contributed by atoms with Crippen molar-refractivity contribution in [1.29, 1.82) is 0 Å². The summed E-state index contributed by atoms with van der Waals surface area (Å²) in [6, 6.07) is 2.02. The molecule has 1 aliphatic heterocycles. The van der Waals surface area contributed by atoms with Crippen LogP contribution in [-0.4, -0.2) is 31.3 Å². The van der Waals surface area contributed by atoms with E-state index >= 15 is 0 Å². The Morgan fingerprint density at radius 2 is 2.05 bits per heavy atom. The lowest BCUT2D eigenvalue weighted by Gasteiger charge is -2.24. The Morgan fingerprint density at radius 3 is 2.63 bits per heavy atom. The van der Waals surface area contributed by atoms with Gasteiger partial charge >= 0.3 is 6.18 Å². The predicted molar refractivity (Wildman–Crippen MR) is 66.2 cm³/mol. The van der Waals surface area contributed by atoms with Crippen LogP contribution < -0.4 is 10.6 Å². The van der Waals surface area contributed by atoms with Crippen molar-refractivity contribution in [3.8, 4) is 0 Å². The SMILES string of the molecule is CNc1cc(C(F)(F)F)cc(NC2CCCOC2)n1. The Kier molecular flexibility index (Phi) is 4.14. The molecule has 0 amide bonds. The highest BCUT2D eigenvalue weighted by Crippen LogP contribution is 2.32. The first kappa shape index (κ1) is 13.9. The second-order valence-electron chi connectivity index (χ2n) is 4.43. The van der Waals surface area contributed by atoms with Crippen molar-refractivity contribution in [3.05, 3.63) is 17.7 Å². The summed E-state index contributed by atoms with van der Waals surface area (Å²) >= 11 is 0. The molecule has 19 heavy (non-hydrogen) atoms. The summed E-state index contributed by atoms with van der Waals surface area (Å²) in [5, 5.41) is 5.63. The summed E-state index contributed by atoms with van der Waals surface area (Å²) in [6.45, 7) is 1.20. The summed E-state index contributed by atoms with van der Waals surface area (Å²) in [5.74, 6) is 0.406. The van der Waals surface area contributed by atoms with E-state index in [1.807, 2.05) is 0 Å². The van der Waals surface area contributed by atoms with E-state index in [0.29, 0.717) is 13.2 Å². The van der Waals surface area contributed by atoms with Gasteiger partial charge in [0.05, 0.1) is 18.2 Å². The van der Waals surface area contributed by atoms with E-state index in [1.165, 1.54) is 7.05 Å². The van der Waals surface area contributed by atoms with Gasteiger partial charge < -0.3 is 15.4 Å². The number of anilines is 2. The highest BCUT2D eigenvalue weighted by Gasteiger charge is 2.31. The van der Waals surface area contributed by atoms with Crippen LogP contribution in [0.2, 0.25) is 0 Å². The maximum absolute atomic E-state index is 12.8. The summed E-state index contributed by atoms with van der Waals surface area (Å²) in [6.07, 6.45) is -2.61. The van der Waals surface area contributed by atoms with Gasteiger partial charge in [-0.1, -0.05) is 0 Å². The number of alkyl halides is 3. The Hall–Kier alpha value is -1.50. The molecule has 0 spiro atoms. The lowest BCUT2D eigenvalue weighted by Crippen LogP contribution is -2.30. The van der Waals surface area contributed by atoms with Crippen molar-refractivity contribution in [2.75, 3.05) is 30.9 Å². The molecule has 0 aromatic carbocycles. The molecule has 0 radical (unpaired) electrons. The molecule has 2 N–H and O–H groups in total. The summed E-state index contributed by atoms with van der Waals surface area (Å²) in [7, 11) is 1.54. The number of hydrogen-bond acceptors (Lipinski definition) is 4. The van der Waals surface area contributed by atoms with Crippen LogP contribution in [0.3, 0.4) is 0 Å². The molecule has 2 heterocycles. The van der Waals surface area contributed by atoms with E-state index in [0.717, 1.165) is 25.0 Å². The molecule has 1 aromatic heterocycles. The summed E-state index contributed by atoms with van der Waals surface area (Å²) < 4.78 is 43.5. The first-order valence-electron chi connectivity index (χ1n) is 6.10. The third-order valence-corrected chi connectivity index (χ3v) is 2.92. The normalized spacial score (nSPS) is 20.1. The number of ether oxygens (including phenoxy) is 1. The number of aromatic nitrogens is 1. The first-order valence-corrected chi connectivity index (χ1v) is 6.10. The molecule has 0 bridgehead atoms. The quantitative estimate of drug-likeness (QED) is 0.890. The topological polar surface area (TPSA) is 46.2 Å². The van der Waals surface area contributed by atoms with E-state index in [-0.39, 0.29) is 17.7 Å². The van der Waals surface area contributed by atoms with Crippen molar-refractivity contribution in [3.63, 3.8) is 0 Å². The van der Waals surface area contributed by atoms with Gasteiger partial charge in [-0.3, -0.25) is 0 Å². The zero-order chi connectivity index (χ0) is 13.9. The molecule has 1 aromatic rings. The molecule has 1 atom stereocenters. The lowest BCUT2D eigenvalue weighted by atomic mass is 10.1. The maximum Gasteiger partial charge on any atom is 0.416 e. The smallest absolute Gasteiger partial charge is 0.379 e. The molecule has 106 valence electrons. The zero-order valence-electron chi connectivity index (χ0n) is 10.5. The van der Waals surface area contributed by atoms with Crippen LogP contribution in [0.1, 0.15) is 18.4 Å². The van der Waals surface area contributed by atoms with Gasteiger partial charge in [-0.2, -0.15) is 13.2 Å². The van der Waals surface area contributed by atoms with Gasteiger partial charge in [0, 0.05) is 13.7 Å². The van der Waals surface area contributed by atoms with Crippen LogP contribution >= 0.6 is 0 Å². The van der Waals surface area contributed by atoms with Gasteiger partial charge in [0.25, 0.3) is 0 Å². The van der Waals surface area contributed by atoms with Crippen molar-refractivity contribution in [2.45, 2.75) is 25.1 Å². The lowest BCUT2D eigenvalue weighted by molar-refractivity contribution is -0.137. The molecule has 4 nitrogen and oxygen atoms in total. The molecule has 1 fully saturated rings. The van der Waals surface area contributed by atoms with Crippen LogP contribution in [0.5, 0.6) is 0 Å². The van der Waals surface area contributed by atoms with E-state index in [9.17, 15) is 13.2 Å². The molecule has 1 aliphatic rings. The molecular weight excluding hydrogens is 259 g/mol. The molecular formula is C12H16F3N3O. The minimum atomic E-state index is -4.38. The van der Waals surface area contributed by atoms with Crippen LogP contribution in [0.15, 0.2) is 12.1 Å². The highest BCUT2D eigenvalue weighted by atomic mass is 19.4. The minimum Gasteiger partial charge on any atom is -0.379 e. The highest BCUT2D eigenvalue weighted by molar-refractivity contribution is 5.50. The summed E-state index contributed by atoms with van der Waals surface area (Å²) in [5.41, 5.74) is -0.717. The van der Waals surface area contributed by atoms with Gasteiger partial charge in [0.1, 0.15) is 11.6 Å². The predicted octanol–water partition coefficient (Wildman–Crippen LogP) is 2.73. The minimum absolute atomic E-state index is 0.00874. The van der Waals surface area contributed by atoms with Crippen molar-refractivity contribution in [2.24, 2.45) is 0 Å². The van der Waals surface area contributed by atoms with Gasteiger partial charge in [-0.05, 0) is 25.0 Å². The largest absolute Gasteiger partial charge is 0.416 e. The fourth-order valence-corrected chi connectivity index (χ4v) is 1.96. The molecule has 0 aliphatic carbocycles. The van der Waals surface area contributed by atoms with Gasteiger partial charge in [0.2, 0.25) is 0 Å². The monoisotopic (exact) mass is 275 g/mol. The number of rotatable bonds is 3. The van der Waals surface area contributed by atoms with Crippen LogP contribution in [0.4, 0.5) is 24.8 Å². The standard InChI is InChI=1S/C12H16F3N3O/c1-16-10-5-8(12(13,14)15)6-11(18-10)17-9-3-2-4-19-7-9/h5-6,9H,2-4,7H2,1H3,(H2,16,17,18). The van der Waals surface area contributed by atoms with E-state index < -0.39 is 11.7 Å². The van der Waals surface area contributed by atoms with Crippen LogP contribution in [-0.2, 0) is 10.9 Å². The number of pyridine rings is 1. The fourth-order valence-electron chi connectivity index (χ4n) is 1.96. The molecule has 1 unspecified atom stereocenters. The second-order valence-corrected chi connectivity index (χ2v) is 4.43. The maximum atomic E-state index is 12.8. The van der Waals surface area contributed by atoms with Crippen molar-refractivity contribution in [1.82, 2.24) is 4.98 Å². The van der Waals surface area contributed by atoms with Gasteiger partial charge in [0.15, 0.2) is 0 Å². The Morgan fingerprint density at radius 1 is 1.32 bits per heavy atom. The first-order chi connectivity index (χ1) is 8.99. The second kappa shape index (κ2) is 5.64. The molecule has 0 saturated carbocycles. The van der Waals surface area contributed by atoms with Gasteiger partial charge in [-0.25, -0.2) is 4.98 Å². The third-order valence-electron chi connectivity index (χ3n) is 2.92. The number of halogens is 3.